The quantitative estimate of drug-likeness (QED) is 0.620. The van der Waals surface area contributed by atoms with Gasteiger partial charge in [-0.1, -0.05) is 20.3 Å². The number of ether oxygens (including phenoxy) is 1. The van der Waals surface area contributed by atoms with E-state index in [1.807, 2.05) is 13.8 Å². The summed E-state index contributed by atoms with van der Waals surface area (Å²) in [6.45, 7) is 15.3. The standard InChI is InChI=1S/C15H32N2O2/c1-7-10-11-17(8-2)12-15(6,16-13(4)5)14(18)19-9-3/h13,16H,7-12H2,1-6H3. The van der Waals surface area contributed by atoms with Gasteiger partial charge in [0.05, 0.1) is 6.61 Å². The Morgan fingerprint density at radius 3 is 2.37 bits per heavy atom. The van der Waals surface area contributed by atoms with Crippen LogP contribution in [0.1, 0.15) is 54.4 Å². The van der Waals surface area contributed by atoms with Crippen LogP contribution in [0.4, 0.5) is 0 Å². The van der Waals surface area contributed by atoms with Gasteiger partial charge in [0.1, 0.15) is 5.54 Å². The van der Waals surface area contributed by atoms with Gasteiger partial charge in [0, 0.05) is 12.6 Å². The zero-order valence-electron chi connectivity index (χ0n) is 13.6. The number of esters is 1. The lowest BCUT2D eigenvalue weighted by atomic mass is 10.00. The fourth-order valence-corrected chi connectivity index (χ4v) is 2.27. The molecule has 0 bridgehead atoms. The van der Waals surface area contributed by atoms with E-state index in [0.717, 1.165) is 19.5 Å². The van der Waals surface area contributed by atoms with Gasteiger partial charge in [-0.05, 0) is 47.2 Å². The van der Waals surface area contributed by atoms with Crippen LogP contribution in [0, 0.1) is 0 Å². The molecule has 0 aromatic rings. The highest BCUT2D eigenvalue weighted by Gasteiger charge is 2.36. The first kappa shape index (κ1) is 18.4. The number of unbranched alkanes of at least 4 members (excludes halogenated alkanes) is 1. The molecule has 19 heavy (non-hydrogen) atoms. The van der Waals surface area contributed by atoms with Crippen molar-refractivity contribution in [3.63, 3.8) is 0 Å². The summed E-state index contributed by atoms with van der Waals surface area (Å²) in [6.07, 6.45) is 2.33. The van der Waals surface area contributed by atoms with Crippen LogP contribution >= 0.6 is 0 Å². The molecule has 0 heterocycles. The molecular formula is C15H32N2O2. The van der Waals surface area contributed by atoms with Crippen molar-refractivity contribution in [1.29, 1.82) is 0 Å². The molecular weight excluding hydrogens is 240 g/mol. The number of nitrogens with one attached hydrogen (secondary N) is 1. The molecule has 0 aliphatic carbocycles. The van der Waals surface area contributed by atoms with Crippen molar-refractivity contribution in [1.82, 2.24) is 10.2 Å². The van der Waals surface area contributed by atoms with Crippen molar-refractivity contribution in [3.05, 3.63) is 0 Å². The molecule has 1 atom stereocenters. The van der Waals surface area contributed by atoms with Crippen molar-refractivity contribution in [3.8, 4) is 0 Å². The first-order valence-corrected chi connectivity index (χ1v) is 7.56. The minimum absolute atomic E-state index is 0.154. The maximum absolute atomic E-state index is 12.2. The summed E-state index contributed by atoms with van der Waals surface area (Å²) in [5.74, 6) is -0.154. The van der Waals surface area contributed by atoms with Crippen LogP contribution in [0.25, 0.3) is 0 Å². The van der Waals surface area contributed by atoms with Crippen molar-refractivity contribution in [2.75, 3.05) is 26.2 Å². The van der Waals surface area contributed by atoms with E-state index in [0.29, 0.717) is 13.2 Å². The van der Waals surface area contributed by atoms with Crippen LogP contribution < -0.4 is 5.32 Å². The Bertz CT molecular complexity index is 257. The molecule has 0 radical (unpaired) electrons. The third-order valence-corrected chi connectivity index (χ3v) is 3.15. The van der Waals surface area contributed by atoms with E-state index in [9.17, 15) is 4.79 Å². The van der Waals surface area contributed by atoms with Crippen molar-refractivity contribution >= 4 is 5.97 Å². The molecule has 0 amide bonds. The monoisotopic (exact) mass is 272 g/mol. The molecule has 0 spiro atoms. The first-order chi connectivity index (χ1) is 8.89. The molecule has 4 nitrogen and oxygen atoms in total. The van der Waals surface area contributed by atoms with E-state index in [1.54, 1.807) is 0 Å². The highest BCUT2D eigenvalue weighted by Crippen LogP contribution is 2.12. The Labute approximate surface area is 118 Å². The van der Waals surface area contributed by atoms with Crippen LogP contribution in [0.2, 0.25) is 0 Å². The Balaban J connectivity index is 4.76. The molecule has 0 aromatic heterocycles. The Morgan fingerprint density at radius 2 is 1.95 bits per heavy atom. The topological polar surface area (TPSA) is 41.6 Å². The van der Waals surface area contributed by atoms with Crippen LogP contribution in [-0.2, 0) is 9.53 Å². The predicted octanol–water partition coefficient (Wildman–Crippen LogP) is 2.43. The second kappa shape index (κ2) is 9.32. The van der Waals surface area contributed by atoms with Crippen LogP contribution in [0.15, 0.2) is 0 Å². The van der Waals surface area contributed by atoms with E-state index < -0.39 is 5.54 Å². The smallest absolute Gasteiger partial charge is 0.327 e. The normalized spacial score (nSPS) is 14.7. The largest absolute Gasteiger partial charge is 0.465 e. The Kier molecular flexibility index (Phi) is 9.02. The molecule has 0 saturated heterocycles. The summed E-state index contributed by atoms with van der Waals surface area (Å²) >= 11 is 0. The molecule has 0 aromatic carbocycles. The van der Waals surface area contributed by atoms with Crippen molar-refractivity contribution in [2.45, 2.75) is 66.0 Å². The second-order valence-corrected chi connectivity index (χ2v) is 5.57. The lowest BCUT2D eigenvalue weighted by Crippen LogP contribution is -2.59. The lowest BCUT2D eigenvalue weighted by molar-refractivity contribution is -0.151. The van der Waals surface area contributed by atoms with Crippen LogP contribution in [-0.4, -0.2) is 48.7 Å². The summed E-state index contributed by atoms with van der Waals surface area (Å²) < 4.78 is 5.23. The van der Waals surface area contributed by atoms with Gasteiger partial charge in [0.15, 0.2) is 0 Å². The fraction of sp³-hybridized carbons (Fsp3) is 0.933. The molecule has 0 saturated carbocycles. The number of carbonyl (C=O) groups is 1. The number of hydrogen-bond acceptors (Lipinski definition) is 4. The van der Waals surface area contributed by atoms with Gasteiger partial charge in [-0.3, -0.25) is 10.1 Å². The average Bonchev–Trinajstić information content (AvgIpc) is 2.33. The molecule has 0 fully saturated rings. The predicted molar refractivity (Wildman–Crippen MR) is 80.3 cm³/mol. The van der Waals surface area contributed by atoms with Gasteiger partial charge in [-0.25, -0.2) is 0 Å². The van der Waals surface area contributed by atoms with E-state index in [4.69, 9.17) is 4.74 Å². The average molecular weight is 272 g/mol. The maximum Gasteiger partial charge on any atom is 0.327 e. The molecule has 0 aliphatic heterocycles. The van der Waals surface area contributed by atoms with Gasteiger partial charge >= 0.3 is 5.97 Å². The maximum atomic E-state index is 12.2. The van der Waals surface area contributed by atoms with Crippen LogP contribution in [0.3, 0.4) is 0 Å². The molecule has 1 N–H and O–H groups in total. The second-order valence-electron chi connectivity index (χ2n) is 5.57. The van der Waals surface area contributed by atoms with Crippen molar-refractivity contribution in [2.24, 2.45) is 0 Å². The first-order valence-electron chi connectivity index (χ1n) is 7.56. The lowest BCUT2D eigenvalue weighted by Gasteiger charge is -2.35. The number of hydrogen-bond donors (Lipinski definition) is 1. The fourth-order valence-electron chi connectivity index (χ4n) is 2.27. The molecule has 0 aliphatic rings. The number of rotatable bonds is 10. The highest BCUT2D eigenvalue weighted by atomic mass is 16.5. The third-order valence-electron chi connectivity index (χ3n) is 3.15. The van der Waals surface area contributed by atoms with Gasteiger partial charge in [-0.2, -0.15) is 0 Å². The van der Waals surface area contributed by atoms with E-state index >= 15 is 0 Å². The molecule has 0 rings (SSSR count). The zero-order valence-corrected chi connectivity index (χ0v) is 13.6. The van der Waals surface area contributed by atoms with E-state index in [-0.39, 0.29) is 12.0 Å². The Hall–Kier alpha value is -0.610. The van der Waals surface area contributed by atoms with Crippen LogP contribution in [0.5, 0.6) is 0 Å². The molecule has 4 heteroatoms. The van der Waals surface area contributed by atoms with E-state index in [2.05, 4.69) is 37.9 Å². The minimum atomic E-state index is -0.631. The summed E-state index contributed by atoms with van der Waals surface area (Å²) in [6, 6.07) is 0.249. The van der Waals surface area contributed by atoms with Gasteiger partial charge < -0.3 is 9.64 Å². The highest BCUT2D eigenvalue weighted by molar-refractivity contribution is 5.80. The SMILES string of the molecule is CCCCN(CC)CC(C)(NC(C)C)C(=O)OCC. The minimum Gasteiger partial charge on any atom is -0.465 e. The van der Waals surface area contributed by atoms with E-state index in [1.165, 1.54) is 6.42 Å². The molecule has 1 unspecified atom stereocenters. The number of carbonyl (C=O) groups excluding carboxylic acids is 1. The third kappa shape index (κ3) is 6.92. The summed E-state index contributed by atoms with van der Waals surface area (Å²) in [4.78, 5) is 14.5. The van der Waals surface area contributed by atoms with Crippen molar-refractivity contribution < 1.29 is 9.53 Å². The summed E-state index contributed by atoms with van der Waals surface area (Å²) in [5.41, 5.74) is -0.631. The number of likely N-dealkylation sites (N-methyl/N-ethyl adjacent to an activating group) is 1. The number of nitrogens with zero attached hydrogens (tertiary/aromatic N) is 1. The van der Waals surface area contributed by atoms with Gasteiger partial charge in [0.25, 0.3) is 0 Å². The van der Waals surface area contributed by atoms with Gasteiger partial charge in [0.2, 0.25) is 0 Å². The Morgan fingerprint density at radius 1 is 1.32 bits per heavy atom. The van der Waals surface area contributed by atoms with Gasteiger partial charge in [-0.15, -0.1) is 0 Å². The molecule has 114 valence electrons. The zero-order chi connectivity index (χ0) is 14.9. The summed E-state index contributed by atoms with van der Waals surface area (Å²) in [5, 5.41) is 3.37. The summed E-state index contributed by atoms with van der Waals surface area (Å²) in [7, 11) is 0.